The van der Waals surface area contributed by atoms with Crippen molar-refractivity contribution in [1.82, 2.24) is 24.8 Å². The van der Waals surface area contributed by atoms with Crippen LogP contribution in [0.4, 0.5) is 4.79 Å². The minimum Gasteiger partial charge on any atom is -0.484 e. The molecule has 1 aromatic heterocycles. The molecule has 0 spiro atoms. The normalized spacial score (nSPS) is 14.2. The summed E-state index contributed by atoms with van der Waals surface area (Å²) in [6, 6.07) is 6.86. The first kappa shape index (κ1) is 23.0. The highest BCUT2D eigenvalue weighted by Crippen LogP contribution is 2.16. The van der Waals surface area contributed by atoms with Crippen molar-refractivity contribution < 1.29 is 29.0 Å². The molecule has 1 saturated heterocycles. The van der Waals surface area contributed by atoms with E-state index in [-0.39, 0.29) is 25.0 Å². The zero-order valence-corrected chi connectivity index (χ0v) is 18.4. The Morgan fingerprint density at radius 1 is 1.03 bits per heavy atom. The van der Waals surface area contributed by atoms with E-state index in [2.05, 4.69) is 10.3 Å². The Balaban J connectivity index is 1.46. The molecule has 2 amide bonds. The average Bonchev–Trinajstić information content (AvgIpc) is 3.19. The number of nitrogens with zero attached hydrogens (tertiary/aromatic N) is 5. The van der Waals surface area contributed by atoms with Crippen LogP contribution in [0.2, 0.25) is 0 Å². The molecule has 172 valence electrons. The second-order valence-electron chi connectivity index (χ2n) is 8.36. The molecule has 0 bridgehead atoms. The molecule has 1 aromatic carbocycles. The minimum absolute atomic E-state index is 0.113. The largest absolute Gasteiger partial charge is 0.484 e. The van der Waals surface area contributed by atoms with Crippen molar-refractivity contribution >= 4 is 18.0 Å². The van der Waals surface area contributed by atoms with E-state index in [1.807, 2.05) is 20.8 Å². The molecule has 0 unspecified atom stereocenters. The fourth-order valence-electron chi connectivity index (χ4n) is 3.06. The van der Waals surface area contributed by atoms with Gasteiger partial charge >= 0.3 is 12.1 Å². The third kappa shape index (κ3) is 6.43. The van der Waals surface area contributed by atoms with E-state index in [1.54, 1.807) is 40.3 Å². The van der Waals surface area contributed by atoms with Gasteiger partial charge < -0.3 is 24.4 Å². The zero-order valence-electron chi connectivity index (χ0n) is 18.4. The number of rotatable bonds is 6. The molecule has 11 nitrogen and oxygen atoms in total. The first-order chi connectivity index (χ1) is 15.1. The molecular weight excluding hydrogens is 418 g/mol. The van der Waals surface area contributed by atoms with E-state index in [0.717, 1.165) is 0 Å². The molecule has 0 aliphatic carbocycles. The Hall–Kier alpha value is -3.63. The lowest BCUT2D eigenvalue weighted by molar-refractivity contribution is -0.136. The van der Waals surface area contributed by atoms with Crippen molar-refractivity contribution in [2.24, 2.45) is 0 Å². The second kappa shape index (κ2) is 9.67. The van der Waals surface area contributed by atoms with Crippen molar-refractivity contribution in [3.05, 3.63) is 36.2 Å². The van der Waals surface area contributed by atoms with Gasteiger partial charge in [-0.2, -0.15) is 0 Å². The number of aliphatic carboxylic acids is 1. The van der Waals surface area contributed by atoms with Crippen LogP contribution < -0.4 is 4.74 Å². The second-order valence-corrected chi connectivity index (χ2v) is 8.36. The van der Waals surface area contributed by atoms with Crippen LogP contribution in [0.3, 0.4) is 0 Å². The topological polar surface area (TPSA) is 127 Å². The highest BCUT2D eigenvalue weighted by atomic mass is 16.6. The molecular formula is C21H27N5O6. The van der Waals surface area contributed by atoms with Crippen molar-refractivity contribution in [3.63, 3.8) is 0 Å². The molecule has 0 radical (unpaired) electrons. The zero-order chi connectivity index (χ0) is 23.3. The average molecular weight is 445 g/mol. The van der Waals surface area contributed by atoms with Crippen LogP contribution in [-0.4, -0.2) is 86.3 Å². The van der Waals surface area contributed by atoms with Crippen molar-refractivity contribution in [2.45, 2.75) is 32.8 Å². The van der Waals surface area contributed by atoms with Gasteiger partial charge in [0.05, 0.1) is 24.0 Å². The van der Waals surface area contributed by atoms with E-state index in [9.17, 15) is 14.4 Å². The van der Waals surface area contributed by atoms with E-state index in [4.69, 9.17) is 14.6 Å². The molecule has 11 heteroatoms. The Kier molecular flexibility index (Phi) is 6.96. The smallest absolute Gasteiger partial charge is 0.410 e. The quantitative estimate of drug-likeness (QED) is 0.706. The van der Waals surface area contributed by atoms with E-state index in [1.165, 1.54) is 4.68 Å². The van der Waals surface area contributed by atoms with Crippen molar-refractivity contribution in [3.8, 4) is 11.4 Å². The van der Waals surface area contributed by atoms with Gasteiger partial charge in [-0.1, -0.05) is 5.21 Å². The lowest BCUT2D eigenvalue weighted by Crippen LogP contribution is -2.52. The van der Waals surface area contributed by atoms with Gasteiger partial charge in [0.2, 0.25) is 0 Å². The van der Waals surface area contributed by atoms with Crippen LogP contribution in [0.5, 0.6) is 5.75 Å². The van der Waals surface area contributed by atoms with E-state index in [0.29, 0.717) is 43.3 Å². The highest BCUT2D eigenvalue weighted by Gasteiger charge is 2.27. The van der Waals surface area contributed by atoms with Gasteiger partial charge in [0.15, 0.2) is 6.61 Å². The van der Waals surface area contributed by atoms with Gasteiger partial charge in [0.25, 0.3) is 5.91 Å². The number of hydrogen-bond acceptors (Lipinski definition) is 7. The van der Waals surface area contributed by atoms with Crippen LogP contribution in [0, 0.1) is 0 Å². The number of piperazine rings is 1. The summed E-state index contributed by atoms with van der Waals surface area (Å²) in [5, 5.41) is 16.5. The molecule has 32 heavy (non-hydrogen) atoms. The summed E-state index contributed by atoms with van der Waals surface area (Å²) in [6.07, 6.45) is 0.975. The van der Waals surface area contributed by atoms with Crippen LogP contribution in [0.1, 0.15) is 26.5 Å². The van der Waals surface area contributed by atoms with Gasteiger partial charge in [-0.15, -0.1) is 5.10 Å². The fraction of sp³-hybridized carbons (Fsp3) is 0.476. The Bertz CT molecular complexity index is 958. The van der Waals surface area contributed by atoms with Gasteiger partial charge in [0.1, 0.15) is 11.4 Å². The van der Waals surface area contributed by atoms with Crippen LogP contribution >= 0.6 is 0 Å². The lowest BCUT2D eigenvalue weighted by atomic mass is 10.2. The van der Waals surface area contributed by atoms with Crippen molar-refractivity contribution in [1.29, 1.82) is 0 Å². The van der Waals surface area contributed by atoms with Crippen LogP contribution in [-0.2, 0) is 20.7 Å². The maximum atomic E-state index is 12.5. The number of benzene rings is 1. The summed E-state index contributed by atoms with van der Waals surface area (Å²) in [6.45, 7) is 7.01. The Morgan fingerprint density at radius 3 is 2.25 bits per heavy atom. The number of carbonyl (C=O) groups excluding carboxylic acids is 2. The summed E-state index contributed by atoms with van der Waals surface area (Å²) in [4.78, 5) is 38.6. The Morgan fingerprint density at radius 2 is 1.66 bits per heavy atom. The SMILES string of the molecule is CC(C)(C)OC(=O)N1CCN(C(=O)COc2ccc(-n3cc(CC(=O)O)nn3)cc2)CC1. The summed E-state index contributed by atoms with van der Waals surface area (Å²) in [7, 11) is 0. The number of carboxylic acid groups (broad SMARTS) is 1. The van der Waals surface area contributed by atoms with Gasteiger partial charge in [0, 0.05) is 26.2 Å². The molecule has 2 heterocycles. The van der Waals surface area contributed by atoms with Gasteiger partial charge in [-0.25, -0.2) is 9.48 Å². The van der Waals surface area contributed by atoms with Crippen LogP contribution in [0.15, 0.2) is 30.5 Å². The fourth-order valence-corrected chi connectivity index (χ4v) is 3.06. The number of hydrogen-bond donors (Lipinski definition) is 1. The van der Waals surface area contributed by atoms with Crippen LogP contribution in [0.25, 0.3) is 5.69 Å². The standard InChI is InChI=1S/C21H27N5O6/c1-21(2,3)32-20(30)25-10-8-24(9-11-25)18(27)14-31-17-6-4-16(5-7-17)26-13-15(22-23-26)12-19(28)29/h4-7,13H,8-12,14H2,1-3H3,(H,28,29). The summed E-state index contributed by atoms with van der Waals surface area (Å²) >= 11 is 0. The number of ether oxygens (including phenoxy) is 2. The monoisotopic (exact) mass is 445 g/mol. The molecule has 1 fully saturated rings. The maximum absolute atomic E-state index is 12.5. The maximum Gasteiger partial charge on any atom is 0.410 e. The molecule has 0 atom stereocenters. The predicted molar refractivity (Wildman–Crippen MR) is 113 cm³/mol. The molecule has 1 aliphatic rings. The molecule has 2 aromatic rings. The van der Waals surface area contributed by atoms with Crippen molar-refractivity contribution in [2.75, 3.05) is 32.8 Å². The van der Waals surface area contributed by atoms with E-state index >= 15 is 0 Å². The molecule has 0 saturated carbocycles. The van der Waals surface area contributed by atoms with Gasteiger partial charge in [-0.05, 0) is 45.0 Å². The number of carboxylic acids is 1. The third-order valence-corrected chi connectivity index (χ3v) is 4.62. The number of amides is 2. The molecule has 1 aliphatic heterocycles. The minimum atomic E-state index is -0.975. The molecule has 1 N–H and O–H groups in total. The summed E-state index contributed by atoms with van der Waals surface area (Å²) < 4.78 is 12.4. The Labute approximate surface area is 185 Å². The first-order valence-corrected chi connectivity index (χ1v) is 10.2. The lowest BCUT2D eigenvalue weighted by Gasteiger charge is -2.35. The predicted octanol–water partition coefficient (Wildman–Crippen LogP) is 1.35. The number of aromatic nitrogens is 3. The number of carbonyl (C=O) groups is 3. The molecule has 3 rings (SSSR count). The summed E-state index contributed by atoms with van der Waals surface area (Å²) in [5.74, 6) is -0.621. The van der Waals surface area contributed by atoms with Gasteiger partial charge in [-0.3, -0.25) is 9.59 Å². The van der Waals surface area contributed by atoms with E-state index < -0.39 is 11.6 Å². The highest BCUT2D eigenvalue weighted by molar-refractivity contribution is 5.78. The third-order valence-electron chi connectivity index (χ3n) is 4.62. The summed E-state index contributed by atoms with van der Waals surface area (Å²) in [5.41, 5.74) is 0.489. The first-order valence-electron chi connectivity index (χ1n) is 10.2.